The first-order chi connectivity index (χ1) is 7.16. The van der Waals surface area contributed by atoms with Crippen molar-refractivity contribution in [2.24, 2.45) is 5.92 Å². The molecule has 3 atom stereocenters. The number of rotatable bonds is 4. The van der Waals surface area contributed by atoms with Crippen LogP contribution in [0.2, 0.25) is 0 Å². The van der Waals surface area contributed by atoms with Gasteiger partial charge in [-0.2, -0.15) is 0 Å². The molecule has 84 valence electrons. The Morgan fingerprint density at radius 1 is 1.47 bits per heavy atom. The monoisotopic (exact) mass is 210 g/mol. The maximum absolute atomic E-state index is 10.6. The van der Waals surface area contributed by atoms with E-state index >= 15 is 0 Å². The number of epoxide rings is 1. The molecule has 3 heteroatoms. The van der Waals surface area contributed by atoms with Crippen LogP contribution in [0.3, 0.4) is 0 Å². The maximum atomic E-state index is 10.6. The molecule has 1 aliphatic heterocycles. The fourth-order valence-corrected chi connectivity index (χ4v) is 2.37. The van der Waals surface area contributed by atoms with Gasteiger partial charge in [-0.1, -0.05) is 6.08 Å². The number of carbonyl (C=O) groups is 1. The first kappa shape index (κ1) is 10.7. The minimum absolute atomic E-state index is 0.464. The van der Waals surface area contributed by atoms with Crippen molar-refractivity contribution in [3.05, 3.63) is 11.6 Å². The summed E-state index contributed by atoms with van der Waals surface area (Å²) in [7, 11) is 0. The molecular weight excluding hydrogens is 192 g/mol. The largest absolute Gasteiger partial charge is 0.478 e. The maximum Gasteiger partial charge on any atom is 0.330 e. The van der Waals surface area contributed by atoms with E-state index in [-0.39, 0.29) is 0 Å². The molecule has 0 aromatic carbocycles. The van der Waals surface area contributed by atoms with Crippen LogP contribution in [0.5, 0.6) is 0 Å². The highest BCUT2D eigenvalue weighted by atomic mass is 16.6. The Labute approximate surface area is 90.1 Å². The molecule has 0 amide bonds. The van der Waals surface area contributed by atoms with Gasteiger partial charge in [0.2, 0.25) is 0 Å². The van der Waals surface area contributed by atoms with Crippen molar-refractivity contribution >= 4 is 5.97 Å². The van der Waals surface area contributed by atoms with Gasteiger partial charge in [-0.15, -0.1) is 0 Å². The van der Waals surface area contributed by atoms with Crippen LogP contribution >= 0.6 is 0 Å². The second kappa shape index (κ2) is 4.35. The SMILES string of the molecule is CC(=CCCC1CCC2OC2C1)C(=O)O. The number of fused-ring (bicyclic) bond motifs is 1. The molecule has 2 rings (SSSR count). The van der Waals surface area contributed by atoms with Gasteiger partial charge in [0, 0.05) is 5.57 Å². The summed E-state index contributed by atoms with van der Waals surface area (Å²) in [5.74, 6) is -0.0594. The third kappa shape index (κ3) is 2.81. The van der Waals surface area contributed by atoms with E-state index in [1.807, 2.05) is 6.08 Å². The molecule has 1 saturated heterocycles. The van der Waals surface area contributed by atoms with Crippen molar-refractivity contribution in [2.45, 2.75) is 51.2 Å². The molecule has 2 aliphatic rings. The summed E-state index contributed by atoms with van der Waals surface area (Å²) < 4.78 is 5.46. The highest BCUT2D eigenvalue weighted by molar-refractivity contribution is 5.85. The van der Waals surface area contributed by atoms with E-state index in [2.05, 4.69) is 0 Å². The van der Waals surface area contributed by atoms with E-state index in [0.29, 0.717) is 17.8 Å². The predicted molar refractivity (Wildman–Crippen MR) is 56.6 cm³/mol. The van der Waals surface area contributed by atoms with E-state index in [4.69, 9.17) is 9.84 Å². The van der Waals surface area contributed by atoms with Gasteiger partial charge in [-0.3, -0.25) is 0 Å². The van der Waals surface area contributed by atoms with Crippen molar-refractivity contribution < 1.29 is 14.6 Å². The average Bonchev–Trinajstić information content (AvgIpc) is 2.95. The van der Waals surface area contributed by atoms with Gasteiger partial charge in [-0.25, -0.2) is 4.79 Å². The molecule has 1 N–H and O–H groups in total. The van der Waals surface area contributed by atoms with Gasteiger partial charge in [0.05, 0.1) is 12.2 Å². The van der Waals surface area contributed by atoms with E-state index in [1.165, 1.54) is 19.3 Å². The van der Waals surface area contributed by atoms with Gasteiger partial charge in [0.1, 0.15) is 0 Å². The molecule has 1 heterocycles. The van der Waals surface area contributed by atoms with E-state index in [0.717, 1.165) is 18.8 Å². The van der Waals surface area contributed by atoms with Crippen LogP contribution in [0, 0.1) is 5.92 Å². The molecule has 0 spiro atoms. The Bertz CT molecular complexity index is 283. The molecule has 0 aromatic rings. The van der Waals surface area contributed by atoms with E-state index in [1.54, 1.807) is 6.92 Å². The first-order valence-electron chi connectivity index (χ1n) is 5.72. The Balaban J connectivity index is 1.69. The lowest BCUT2D eigenvalue weighted by Gasteiger charge is -2.17. The van der Waals surface area contributed by atoms with Crippen molar-refractivity contribution in [2.75, 3.05) is 0 Å². The fourth-order valence-electron chi connectivity index (χ4n) is 2.37. The topological polar surface area (TPSA) is 49.8 Å². The number of ether oxygens (including phenoxy) is 1. The lowest BCUT2D eigenvalue weighted by Crippen LogP contribution is -2.13. The van der Waals surface area contributed by atoms with Crippen LogP contribution in [-0.2, 0) is 9.53 Å². The molecular formula is C12H18O3. The Hall–Kier alpha value is -0.830. The van der Waals surface area contributed by atoms with Crippen LogP contribution in [0.15, 0.2) is 11.6 Å². The Kier molecular flexibility index (Phi) is 3.10. The molecule has 15 heavy (non-hydrogen) atoms. The lowest BCUT2D eigenvalue weighted by atomic mass is 9.86. The summed E-state index contributed by atoms with van der Waals surface area (Å²) in [5, 5.41) is 8.68. The fraction of sp³-hybridized carbons (Fsp3) is 0.750. The van der Waals surface area contributed by atoms with Gasteiger partial charge in [-0.05, 0) is 44.9 Å². The third-order valence-corrected chi connectivity index (χ3v) is 3.48. The molecule has 1 saturated carbocycles. The molecule has 0 radical (unpaired) electrons. The van der Waals surface area contributed by atoms with Gasteiger partial charge >= 0.3 is 5.97 Å². The second-order valence-electron chi connectivity index (χ2n) is 4.66. The van der Waals surface area contributed by atoms with Crippen LogP contribution in [0.25, 0.3) is 0 Å². The smallest absolute Gasteiger partial charge is 0.330 e. The predicted octanol–water partition coefficient (Wildman–Crippen LogP) is 2.36. The Morgan fingerprint density at radius 3 is 2.93 bits per heavy atom. The zero-order chi connectivity index (χ0) is 10.8. The molecule has 0 bridgehead atoms. The zero-order valence-electron chi connectivity index (χ0n) is 9.11. The standard InChI is InChI=1S/C12H18O3/c1-8(12(13)14)3-2-4-9-5-6-10-11(7-9)15-10/h3,9-11H,2,4-7H2,1H3,(H,13,14). The normalized spacial score (nSPS) is 34.7. The third-order valence-electron chi connectivity index (χ3n) is 3.48. The molecule has 3 unspecified atom stereocenters. The quantitative estimate of drug-likeness (QED) is 0.572. The second-order valence-corrected chi connectivity index (χ2v) is 4.66. The van der Waals surface area contributed by atoms with Crippen LogP contribution in [-0.4, -0.2) is 23.3 Å². The van der Waals surface area contributed by atoms with Crippen LogP contribution in [0.4, 0.5) is 0 Å². The van der Waals surface area contributed by atoms with Gasteiger partial charge in [0.25, 0.3) is 0 Å². The number of allylic oxidation sites excluding steroid dienone is 1. The first-order valence-corrected chi connectivity index (χ1v) is 5.72. The minimum atomic E-state index is -0.802. The highest BCUT2D eigenvalue weighted by Gasteiger charge is 2.43. The van der Waals surface area contributed by atoms with Crippen LogP contribution < -0.4 is 0 Å². The van der Waals surface area contributed by atoms with Crippen molar-refractivity contribution in [3.63, 3.8) is 0 Å². The number of aliphatic carboxylic acids is 1. The Morgan fingerprint density at radius 2 is 2.27 bits per heavy atom. The number of hydrogen-bond donors (Lipinski definition) is 1. The van der Waals surface area contributed by atoms with E-state index in [9.17, 15) is 4.79 Å². The summed E-state index contributed by atoms with van der Waals surface area (Å²) >= 11 is 0. The highest BCUT2D eigenvalue weighted by Crippen LogP contribution is 2.40. The van der Waals surface area contributed by atoms with Gasteiger partial charge < -0.3 is 9.84 Å². The number of carboxylic acid groups (broad SMARTS) is 1. The number of carboxylic acids is 1. The van der Waals surface area contributed by atoms with Crippen molar-refractivity contribution in [3.8, 4) is 0 Å². The lowest BCUT2D eigenvalue weighted by molar-refractivity contribution is -0.132. The van der Waals surface area contributed by atoms with Gasteiger partial charge in [0.15, 0.2) is 0 Å². The molecule has 3 nitrogen and oxygen atoms in total. The summed E-state index contributed by atoms with van der Waals surface area (Å²) in [5.41, 5.74) is 0.464. The minimum Gasteiger partial charge on any atom is -0.478 e. The molecule has 0 aromatic heterocycles. The number of hydrogen-bond acceptors (Lipinski definition) is 2. The summed E-state index contributed by atoms with van der Waals surface area (Å²) in [6.45, 7) is 1.66. The summed E-state index contributed by atoms with van der Waals surface area (Å²) in [6.07, 6.45) is 8.58. The molecule has 1 aliphatic carbocycles. The van der Waals surface area contributed by atoms with Crippen LogP contribution in [0.1, 0.15) is 39.0 Å². The summed E-state index contributed by atoms with van der Waals surface area (Å²) in [4.78, 5) is 10.6. The summed E-state index contributed by atoms with van der Waals surface area (Å²) in [6, 6.07) is 0. The van der Waals surface area contributed by atoms with E-state index < -0.39 is 5.97 Å². The van der Waals surface area contributed by atoms with Crippen molar-refractivity contribution in [1.29, 1.82) is 0 Å². The zero-order valence-corrected chi connectivity index (χ0v) is 9.11. The average molecular weight is 210 g/mol. The van der Waals surface area contributed by atoms with Crippen molar-refractivity contribution in [1.82, 2.24) is 0 Å². The molecule has 2 fully saturated rings.